The van der Waals surface area contributed by atoms with Crippen LogP contribution in [0.4, 0.5) is 0 Å². The number of piperidine rings is 1. The summed E-state index contributed by atoms with van der Waals surface area (Å²) < 4.78 is 6.88. The third-order valence-electron chi connectivity index (χ3n) is 3.56. The van der Waals surface area contributed by atoms with Crippen LogP contribution in [0.1, 0.15) is 30.1 Å². The minimum Gasteiger partial charge on any atom is -0.466 e. The molecule has 6 heteroatoms. The molecular formula is C15H17BrINO3. The van der Waals surface area contributed by atoms with Gasteiger partial charge in [-0.2, -0.15) is 0 Å². The molecule has 1 fully saturated rings. The van der Waals surface area contributed by atoms with Crippen molar-refractivity contribution in [3.8, 4) is 0 Å². The zero-order chi connectivity index (χ0) is 15.4. The molecule has 114 valence electrons. The Morgan fingerprint density at radius 2 is 2.05 bits per heavy atom. The van der Waals surface area contributed by atoms with E-state index in [0.717, 1.165) is 8.04 Å². The van der Waals surface area contributed by atoms with Crippen LogP contribution < -0.4 is 0 Å². The summed E-state index contributed by atoms with van der Waals surface area (Å²) in [5.74, 6) is -0.180. The molecule has 21 heavy (non-hydrogen) atoms. The first-order valence-electron chi connectivity index (χ1n) is 6.94. The van der Waals surface area contributed by atoms with Gasteiger partial charge < -0.3 is 9.64 Å². The molecule has 0 saturated carbocycles. The number of nitrogens with zero attached hydrogens (tertiary/aromatic N) is 1. The number of carbonyl (C=O) groups is 2. The van der Waals surface area contributed by atoms with Gasteiger partial charge in [-0.1, -0.05) is 15.9 Å². The molecule has 0 bridgehead atoms. The molecule has 0 aromatic heterocycles. The predicted octanol–water partition coefficient (Wildman–Crippen LogP) is 3.47. The molecule has 0 atom stereocenters. The van der Waals surface area contributed by atoms with Crippen molar-refractivity contribution in [2.24, 2.45) is 5.92 Å². The summed E-state index contributed by atoms with van der Waals surface area (Å²) in [6.07, 6.45) is 1.35. The SMILES string of the molecule is CCOC(=O)C1CCN(C(=O)c2cc(Br)ccc2I)CC1. The van der Waals surface area contributed by atoms with E-state index >= 15 is 0 Å². The number of hydrogen-bond donors (Lipinski definition) is 0. The fraction of sp³-hybridized carbons (Fsp3) is 0.467. The van der Waals surface area contributed by atoms with Crippen molar-refractivity contribution in [2.75, 3.05) is 19.7 Å². The summed E-state index contributed by atoms with van der Waals surface area (Å²) in [6, 6.07) is 5.69. The van der Waals surface area contributed by atoms with E-state index in [1.807, 2.05) is 30.0 Å². The van der Waals surface area contributed by atoms with E-state index in [4.69, 9.17) is 4.74 Å². The minimum atomic E-state index is -0.137. The molecule has 1 aromatic carbocycles. The van der Waals surface area contributed by atoms with Crippen LogP contribution in [0, 0.1) is 9.49 Å². The molecular weight excluding hydrogens is 449 g/mol. The van der Waals surface area contributed by atoms with E-state index < -0.39 is 0 Å². The Morgan fingerprint density at radius 1 is 1.38 bits per heavy atom. The van der Waals surface area contributed by atoms with Gasteiger partial charge in [0, 0.05) is 21.1 Å². The highest BCUT2D eigenvalue weighted by molar-refractivity contribution is 14.1. The number of hydrogen-bond acceptors (Lipinski definition) is 3. The summed E-state index contributed by atoms with van der Waals surface area (Å²) >= 11 is 5.57. The highest BCUT2D eigenvalue weighted by Crippen LogP contribution is 2.24. The van der Waals surface area contributed by atoms with E-state index in [1.165, 1.54) is 0 Å². The fourth-order valence-corrected chi connectivity index (χ4v) is 3.34. The molecule has 1 saturated heterocycles. The Labute approximate surface area is 146 Å². The van der Waals surface area contributed by atoms with Gasteiger partial charge in [0.15, 0.2) is 0 Å². The van der Waals surface area contributed by atoms with Crippen LogP contribution in [-0.2, 0) is 9.53 Å². The van der Waals surface area contributed by atoms with Gasteiger partial charge in [-0.05, 0) is 60.6 Å². The topological polar surface area (TPSA) is 46.6 Å². The Morgan fingerprint density at radius 3 is 2.67 bits per heavy atom. The third kappa shape index (κ3) is 4.18. The van der Waals surface area contributed by atoms with Crippen LogP contribution in [-0.4, -0.2) is 36.5 Å². The third-order valence-corrected chi connectivity index (χ3v) is 4.99. The summed E-state index contributed by atoms with van der Waals surface area (Å²) in [6.45, 7) is 3.43. The molecule has 0 radical (unpaired) electrons. The van der Waals surface area contributed by atoms with Crippen molar-refractivity contribution in [3.05, 3.63) is 31.8 Å². The summed E-state index contributed by atoms with van der Waals surface area (Å²) in [5, 5.41) is 0. The zero-order valence-electron chi connectivity index (χ0n) is 11.8. The summed E-state index contributed by atoms with van der Waals surface area (Å²) in [4.78, 5) is 26.1. The molecule has 1 aliphatic heterocycles. The second-order valence-corrected chi connectivity index (χ2v) is 7.02. The largest absolute Gasteiger partial charge is 0.466 e. The van der Waals surface area contributed by atoms with Gasteiger partial charge >= 0.3 is 5.97 Å². The monoisotopic (exact) mass is 465 g/mol. The molecule has 1 aliphatic rings. The normalized spacial score (nSPS) is 15.9. The van der Waals surface area contributed by atoms with Gasteiger partial charge in [-0.3, -0.25) is 9.59 Å². The number of ether oxygens (including phenoxy) is 1. The van der Waals surface area contributed by atoms with Gasteiger partial charge in [0.2, 0.25) is 0 Å². The molecule has 0 aliphatic carbocycles. The Hall–Kier alpha value is -0.630. The van der Waals surface area contributed by atoms with Crippen molar-refractivity contribution in [1.29, 1.82) is 0 Å². The lowest BCUT2D eigenvalue weighted by Gasteiger charge is -2.31. The van der Waals surface area contributed by atoms with Crippen molar-refractivity contribution in [1.82, 2.24) is 4.90 Å². The van der Waals surface area contributed by atoms with Crippen molar-refractivity contribution in [2.45, 2.75) is 19.8 Å². The highest BCUT2D eigenvalue weighted by atomic mass is 127. The van der Waals surface area contributed by atoms with Gasteiger partial charge in [-0.25, -0.2) is 0 Å². The van der Waals surface area contributed by atoms with Crippen LogP contribution in [0.3, 0.4) is 0 Å². The molecule has 0 unspecified atom stereocenters. The van der Waals surface area contributed by atoms with E-state index in [9.17, 15) is 9.59 Å². The molecule has 1 aromatic rings. The quantitative estimate of drug-likeness (QED) is 0.507. The smallest absolute Gasteiger partial charge is 0.309 e. The predicted molar refractivity (Wildman–Crippen MR) is 92.1 cm³/mol. The number of halogens is 2. The Kier molecular flexibility index (Phi) is 6.04. The van der Waals surface area contributed by atoms with Gasteiger partial charge in [0.1, 0.15) is 0 Å². The standard InChI is InChI=1S/C15H17BrINO3/c1-2-21-15(20)10-5-7-18(8-6-10)14(19)12-9-11(16)3-4-13(12)17/h3-4,9-10H,2,5-8H2,1H3. The average Bonchev–Trinajstić information content (AvgIpc) is 2.49. The number of rotatable bonds is 3. The maximum atomic E-state index is 12.6. The first-order valence-corrected chi connectivity index (χ1v) is 8.81. The van der Waals surface area contributed by atoms with Crippen LogP contribution in [0.15, 0.2) is 22.7 Å². The number of likely N-dealkylation sites (tertiary alicyclic amines) is 1. The highest BCUT2D eigenvalue weighted by Gasteiger charge is 2.29. The van der Waals surface area contributed by atoms with E-state index in [-0.39, 0.29) is 17.8 Å². The summed E-state index contributed by atoms with van der Waals surface area (Å²) in [7, 11) is 0. The number of amides is 1. The van der Waals surface area contributed by atoms with Crippen LogP contribution in [0.25, 0.3) is 0 Å². The minimum absolute atomic E-state index is 0.0306. The Bertz CT molecular complexity index is 542. The number of carbonyl (C=O) groups excluding carboxylic acids is 2. The Balaban J connectivity index is 2.00. The number of esters is 1. The van der Waals surface area contributed by atoms with Gasteiger partial charge in [-0.15, -0.1) is 0 Å². The van der Waals surface area contributed by atoms with E-state index in [1.54, 1.807) is 0 Å². The first kappa shape index (κ1) is 16.7. The molecule has 1 amide bonds. The van der Waals surface area contributed by atoms with Crippen LogP contribution in [0.5, 0.6) is 0 Å². The second-order valence-electron chi connectivity index (χ2n) is 4.94. The first-order chi connectivity index (χ1) is 10.0. The van der Waals surface area contributed by atoms with Crippen molar-refractivity contribution >= 4 is 50.4 Å². The van der Waals surface area contributed by atoms with Crippen LogP contribution in [0.2, 0.25) is 0 Å². The van der Waals surface area contributed by atoms with Crippen molar-refractivity contribution < 1.29 is 14.3 Å². The average molecular weight is 466 g/mol. The van der Waals surface area contributed by atoms with Gasteiger partial charge in [0.05, 0.1) is 18.1 Å². The lowest BCUT2D eigenvalue weighted by atomic mass is 9.96. The maximum Gasteiger partial charge on any atom is 0.309 e. The molecule has 2 rings (SSSR count). The molecule has 1 heterocycles. The second kappa shape index (κ2) is 7.58. The van der Waals surface area contributed by atoms with Gasteiger partial charge in [0.25, 0.3) is 5.91 Å². The zero-order valence-corrected chi connectivity index (χ0v) is 15.5. The summed E-state index contributed by atoms with van der Waals surface area (Å²) in [5.41, 5.74) is 0.708. The fourth-order valence-electron chi connectivity index (χ4n) is 2.41. The molecule has 0 spiro atoms. The lowest BCUT2D eigenvalue weighted by Crippen LogP contribution is -2.40. The maximum absolute atomic E-state index is 12.6. The lowest BCUT2D eigenvalue weighted by molar-refractivity contribution is -0.149. The molecule has 4 nitrogen and oxygen atoms in total. The van der Waals surface area contributed by atoms with Crippen LogP contribution >= 0.6 is 38.5 Å². The van der Waals surface area contributed by atoms with Crippen molar-refractivity contribution in [3.63, 3.8) is 0 Å². The molecule has 0 N–H and O–H groups in total. The van der Waals surface area contributed by atoms with E-state index in [0.29, 0.717) is 38.1 Å². The van der Waals surface area contributed by atoms with E-state index in [2.05, 4.69) is 38.5 Å². The number of benzene rings is 1.